The van der Waals surface area contributed by atoms with Gasteiger partial charge in [-0.25, -0.2) is 4.79 Å². The van der Waals surface area contributed by atoms with Gasteiger partial charge in [0, 0.05) is 0 Å². The zero-order valence-electron chi connectivity index (χ0n) is 9.52. The van der Waals surface area contributed by atoms with E-state index in [1.807, 2.05) is 0 Å². The van der Waals surface area contributed by atoms with E-state index in [4.69, 9.17) is 10.2 Å². The summed E-state index contributed by atoms with van der Waals surface area (Å²) in [5, 5.41) is 22.6. The average Bonchev–Trinajstić information content (AvgIpc) is 2.64. The first kappa shape index (κ1) is 13.4. The minimum absolute atomic E-state index is 0.469. The predicted octanol–water partition coefficient (Wildman–Crippen LogP) is -0.827. The van der Waals surface area contributed by atoms with Crippen LogP contribution in [0.2, 0.25) is 0 Å². The van der Waals surface area contributed by atoms with Gasteiger partial charge in [-0.3, -0.25) is 9.59 Å². The minimum atomic E-state index is -1.39. The van der Waals surface area contributed by atoms with Crippen LogP contribution in [0.4, 0.5) is 0 Å². The first-order valence-corrected chi connectivity index (χ1v) is 5.36. The van der Waals surface area contributed by atoms with Crippen LogP contribution >= 0.6 is 0 Å². The van der Waals surface area contributed by atoms with Crippen LogP contribution in [-0.4, -0.2) is 46.2 Å². The van der Waals surface area contributed by atoms with Crippen LogP contribution in [0.1, 0.15) is 26.2 Å². The maximum Gasteiger partial charge on any atom is 0.326 e. The summed E-state index contributed by atoms with van der Waals surface area (Å²) in [4.78, 5) is 33.1. The van der Waals surface area contributed by atoms with Crippen molar-refractivity contribution in [3.63, 3.8) is 0 Å². The summed E-state index contributed by atoms with van der Waals surface area (Å²) in [6.45, 7) is 2.37. The van der Waals surface area contributed by atoms with Crippen LogP contribution in [0.3, 0.4) is 0 Å². The number of carboxylic acids is 2. The molecule has 0 aromatic carbocycles. The molecule has 1 rings (SSSR count). The molecule has 7 heteroatoms. The predicted molar refractivity (Wildman–Crippen MR) is 57.5 cm³/mol. The molecular weight excluding hydrogens is 228 g/mol. The number of carbonyl (C=O) groups is 3. The molecule has 0 radical (unpaired) electrons. The summed E-state index contributed by atoms with van der Waals surface area (Å²) in [5.41, 5.74) is -0.799. The van der Waals surface area contributed by atoms with E-state index in [1.54, 1.807) is 6.92 Å². The smallest absolute Gasteiger partial charge is 0.326 e. The fourth-order valence-corrected chi connectivity index (χ4v) is 1.78. The first-order valence-electron chi connectivity index (χ1n) is 5.36. The zero-order chi connectivity index (χ0) is 13.1. The molecule has 0 spiro atoms. The SMILES string of the molecule is CC1(C(=O)NC(CC(=O)O)C(=O)O)CCCN1. The molecule has 0 bridgehead atoms. The molecule has 17 heavy (non-hydrogen) atoms. The van der Waals surface area contributed by atoms with E-state index in [0.717, 1.165) is 6.42 Å². The van der Waals surface area contributed by atoms with Crippen molar-refractivity contribution < 1.29 is 24.6 Å². The molecule has 2 atom stereocenters. The second-order valence-electron chi connectivity index (χ2n) is 4.32. The van der Waals surface area contributed by atoms with E-state index >= 15 is 0 Å². The quantitative estimate of drug-likeness (QED) is 0.502. The Morgan fingerprint density at radius 1 is 1.41 bits per heavy atom. The van der Waals surface area contributed by atoms with Crippen LogP contribution in [0.5, 0.6) is 0 Å². The van der Waals surface area contributed by atoms with Crippen molar-refractivity contribution in [2.45, 2.75) is 37.8 Å². The number of aliphatic carboxylic acids is 2. The molecular formula is C10H16N2O5. The molecule has 0 aliphatic carbocycles. The lowest BCUT2D eigenvalue weighted by Gasteiger charge is -2.25. The molecule has 4 N–H and O–H groups in total. The lowest BCUT2D eigenvalue weighted by molar-refractivity contribution is -0.147. The van der Waals surface area contributed by atoms with Crippen molar-refractivity contribution >= 4 is 17.8 Å². The molecule has 1 fully saturated rings. The van der Waals surface area contributed by atoms with E-state index in [2.05, 4.69) is 10.6 Å². The van der Waals surface area contributed by atoms with E-state index in [-0.39, 0.29) is 0 Å². The van der Waals surface area contributed by atoms with Gasteiger partial charge in [-0.15, -0.1) is 0 Å². The molecule has 1 heterocycles. The van der Waals surface area contributed by atoms with Crippen molar-refractivity contribution in [2.75, 3.05) is 6.54 Å². The summed E-state index contributed by atoms with van der Waals surface area (Å²) in [5.74, 6) is -3.08. The number of carboxylic acid groups (broad SMARTS) is 2. The number of carbonyl (C=O) groups excluding carboxylic acids is 1. The van der Waals surface area contributed by atoms with E-state index < -0.39 is 35.8 Å². The van der Waals surface area contributed by atoms with Gasteiger partial charge in [-0.05, 0) is 26.3 Å². The van der Waals surface area contributed by atoms with Gasteiger partial charge in [-0.2, -0.15) is 0 Å². The van der Waals surface area contributed by atoms with E-state index in [0.29, 0.717) is 13.0 Å². The third-order valence-corrected chi connectivity index (χ3v) is 2.85. The van der Waals surface area contributed by atoms with Crippen LogP contribution < -0.4 is 10.6 Å². The highest BCUT2D eigenvalue weighted by Gasteiger charge is 2.38. The highest BCUT2D eigenvalue weighted by atomic mass is 16.4. The fraction of sp³-hybridized carbons (Fsp3) is 0.700. The van der Waals surface area contributed by atoms with Crippen molar-refractivity contribution in [1.29, 1.82) is 0 Å². The average molecular weight is 244 g/mol. The van der Waals surface area contributed by atoms with E-state index in [1.165, 1.54) is 0 Å². The largest absolute Gasteiger partial charge is 0.481 e. The Kier molecular flexibility index (Phi) is 4.06. The lowest BCUT2D eigenvalue weighted by Crippen LogP contribution is -2.55. The second-order valence-corrected chi connectivity index (χ2v) is 4.32. The lowest BCUT2D eigenvalue weighted by atomic mass is 9.98. The number of hydrogen-bond donors (Lipinski definition) is 4. The molecule has 1 aliphatic heterocycles. The Bertz CT molecular complexity index is 336. The first-order chi connectivity index (χ1) is 7.85. The van der Waals surface area contributed by atoms with Gasteiger partial charge in [0.2, 0.25) is 5.91 Å². The van der Waals surface area contributed by atoms with Crippen LogP contribution in [-0.2, 0) is 14.4 Å². The maximum absolute atomic E-state index is 11.8. The number of rotatable bonds is 5. The van der Waals surface area contributed by atoms with Crippen molar-refractivity contribution in [1.82, 2.24) is 10.6 Å². The van der Waals surface area contributed by atoms with Crippen LogP contribution in [0, 0.1) is 0 Å². The molecule has 2 unspecified atom stereocenters. The number of hydrogen-bond acceptors (Lipinski definition) is 4. The minimum Gasteiger partial charge on any atom is -0.481 e. The van der Waals surface area contributed by atoms with Crippen LogP contribution in [0.25, 0.3) is 0 Å². The third kappa shape index (κ3) is 3.42. The Morgan fingerprint density at radius 3 is 2.47 bits per heavy atom. The molecule has 1 amide bonds. The highest BCUT2D eigenvalue weighted by molar-refractivity contribution is 5.91. The van der Waals surface area contributed by atoms with Gasteiger partial charge in [0.1, 0.15) is 6.04 Å². The second kappa shape index (κ2) is 5.13. The van der Waals surface area contributed by atoms with Gasteiger partial charge < -0.3 is 20.8 Å². The third-order valence-electron chi connectivity index (χ3n) is 2.85. The van der Waals surface area contributed by atoms with Crippen molar-refractivity contribution in [3.8, 4) is 0 Å². The molecule has 7 nitrogen and oxygen atoms in total. The van der Waals surface area contributed by atoms with Gasteiger partial charge in [0.15, 0.2) is 0 Å². The molecule has 0 aromatic rings. The number of nitrogens with one attached hydrogen (secondary N) is 2. The maximum atomic E-state index is 11.8. The number of amides is 1. The van der Waals surface area contributed by atoms with Gasteiger partial charge in [0.25, 0.3) is 0 Å². The summed E-state index contributed by atoms with van der Waals surface area (Å²) >= 11 is 0. The van der Waals surface area contributed by atoms with Gasteiger partial charge in [0.05, 0.1) is 12.0 Å². The fourth-order valence-electron chi connectivity index (χ4n) is 1.78. The standard InChI is InChI=1S/C10H16N2O5/c1-10(3-2-4-11-10)9(17)12-6(8(15)16)5-7(13)14/h6,11H,2-5H2,1H3,(H,12,17)(H,13,14)(H,15,16). The monoisotopic (exact) mass is 244 g/mol. The summed E-state index contributed by atoms with van der Waals surface area (Å²) in [7, 11) is 0. The Labute approximate surface area is 98.2 Å². The van der Waals surface area contributed by atoms with Crippen LogP contribution in [0.15, 0.2) is 0 Å². The van der Waals surface area contributed by atoms with Gasteiger partial charge >= 0.3 is 11.9 Å². The van der Waals surface area contributed by atoms with Crippen molar-refractivity contribution in [3.05, 3.63) is 0 Å². The molecule has 1 saturated heterocycles. The Morgan fingerprint density at radius 2 is 2.06 bits per heavy atom. The highest BCUT2D eigenvalue weighted by Crippen LogP contribution is 2.18. The molecule has 1 aliphatic rings. The Balaban J connectivity index is 2.63. The molecule has 0 aromatic heterocycles. The zero-order valence-corrected chi connectivity index (χ0v) is 9.52. The summed E-state index contributed by atoms with van der Waals surface area (Å²) in [6.07, 6.45) is 0.815. The molecule has 96 valence electrons. The van der Waals surface area contributed by atoms with Gasteiger partial charge in [-0.1, -0.05) is 0 Å². The summed E-state index contributed by atoms with van der Waals surface area (Å²) < 4.78 is 0. The topological polar surface area (TPSA) is 116 Å². The summed E-state index contributed by atoms with van der Waals surface area (Å²) in [6, 6.07) is -1.39. The molecule has 0 saturated carbocycles. The normalized spacial score (nSPS) is 25.2. The van der Waals surface area contributed by atoms with E-state index in [9.17, 15) is 14.4 Å². The van der Waals surface area contributed by atoms with Crippen molar-refractivity contribution in [2.24, 2.45) is 0 Å². The Hall–Kier alpha value is -1.63.